The van der Waals surface area contributed by atoms with Crippen molar-refractivity contribution in [3.05, 3.63) is 0 Å². The SMILES string of the molecule is B[C@@H]1O[C@H](CC(C)(CC)OP(B)(=O)C(C)(CC)C(C)(CC)OP(=O)(O)[C@@](C)(O)CC)[C@@H](O)[C@H]1O. The Labute approximate surface area is 207 Å². The third kappa shape index (κ3) is 6.06. The van der Waals surface area contributed by atoms with Gasteiger partial charge in [-0.2, -0.15) is 0 Å². The Kier molecular flexibility index (Phi) is 10.4. The van der Waals surface area contributed by atoms with Crippen molar-refractivity contribution in [3.63, 3.8) is 0 Å². The number of ether oxygens (including phenoxy) is 1. The van der Waals surface area contributed by atoms with E-state index in [0.717, 1.165) is 0 Å². The van der Waals surface area contributed by atoms with Gasteiger partial charge in [0.25, 0.3) is 0 Å². The summed E-state index contributed by atoms with van der Waals surface area (Å²) in [6, 6.07) is -0.530. The van der Waals surface area contributed by atoms with Gasteiger partial charge in [0.05, 0.1) is 28.5 Å². The Morgan fingerprint density at radius 1 is 0.912 bits per heavy atom. The maximum Gasteiger partial charge on any atom is 0.359 e. The molecule has 1 fully saturated rings. The van der Waals surface area contributed by atoms with E-state index in [0.29, 0.717) is 12.8 Å². The highest BCUT2D eigenvalue weighted by Crippen LogP contribution is 2.69. The van der Waals surface area contributed by atoms with Crippen molar-refractivity contribution in [1.82, 2.24) is 0 Å². The molecule has 1 aliphatic heterocycles. The average molecular weight is 526 g/mol. The van der Waals surface area contributed by atoms with Crippen LogP contribution in [0.25, 0.3) is 0 Å². The molecule has 4 N–H and O–H groups in total. The largest absolute Gasteiger partial charge is 0.388 e. The molecule has 0 aromatic heterocycles. The number of hydrogen-bond donors (Lipinski definition) is 4. The first kappa shape index (κ1) is 32.3. The molecular weight excluding hydrogens is 480 g/mol. The summed E-state index contributed by atoms with van der Waals surface area (Å²) in [5.74, 6) is 0. The first-order chi connectivity index (χ1) is 15.2. The summed E-state index contributed by atoms with van der Waals surface area (Å²) >= 11 is 0. The van der Waals surface area contributed by atoms with Crippen LogP contribution in [0.4, 0.5) is 0 Å². The van der Waals surface area contributed by atoms with Gasteiger partial charge in [0.2, 0.25) is 7.57 Å². The van der Waals surface area contributed by atoms with E-state index in [1.807, 2.05) is 13.8 Å². The van der Waals surface area contributed by atoms with E-state index in [4.69, 9.17) is 13.8 Å². The van der Waals surface area contributed by atoms with Crippen LogP contribution in [0.3, 0.4) is 0 Å². The molecule has 0 aliphatic carbocycles. The zero-order valence-electron chi connectivity index (χ0n) is 22.6. The summed E-state index contributed by atoms with van der Waals surface area (Å²) in [6.45, 7) is 13.5. The molecule has 0 aromatic rings. The van der Waals surface area contributed by atoms with E-state index in [2.05, 4.69) is 0 Å². The highest BCUT2D eigenvalue weighted by atomic mass is 31.2. The number of hydrogen-bond acceptors (Lipinski definition) is 8. The molecule has 9 nitrogen and oxygen atoms in total. The fourth-order valence-electron chi connectivity index (χ4n) is 4.50. The molecule has 13 heteroatoms. The summed E-state index contributed by atoms with van der Waals surface area (Å²) < 4.78 is 45.3. The van der Waals surface area contributed by atoms with Crippen LogP contribution in [0.1, 0.15) is 87.5 Å². The lowest BCUT2D eigenvalue weighted by atomic mass is 9.85. The van der Waals surface area contributed by atoms with Crippen LogP contribution in [0.5, 0.6) is 0 Å². The maximum absolute atomic E-state index is 14.3. The molecule has 0 amide bonds. The van der Waals surface area contributed by atoms with E-state index in [1.165, 1.54) is 14.5 Å². The fraction of sp³-hybridized carbons (Fsp3) is 1.00. The second-order valence-corrected chi connectivity index (χ2v) is 15.7. The van der Waals surface area contributed by atoms with Crippen LogP contribution >= 0.6 is 14.8 Å². The number of rotatable bonds is 13. The molecule has 1 saturated heterocycles. The second-order valence-electron chi connectivity index (χ2n) is 10.7. The van der Waals surface area contributed by atoms with Gasteiger partial charge in [-0.25, -0.2) is 0 Å². The smallest absolute Gasteiger partial charge is 0.359 e. The summed E-state index contributed by atoms with van der Waals surface area (Å²) in [5, 5.41) is 27.8. The van der Waals surface area contributed by atoms with Gasteiger partial charge in [0.15, 0.2) is 12.6 Å². The van der Waals surface area contributed by atoms with Crippen LogP contribution in [-0.4, -0.2) is 81.6 Å². The van der Waals surface area contributed by atoms with Crippen LogP contribution < -0.4 is 0 Å². The summed E-state index contributed by atoms with van der Waals surface area (Å²) in [7, 11) is -4.92. The van der Waals surface area contributed by atoms with Gasteiger partial charge < -0.3 is 34.0 Å². The predicted molar refractivity (Wildman–Crippen MR) is 139 cm³/mol. The molecule has 5 unspecified atom stereocenters. The zero-order valence-corrected chi connectivity index (χ0v) is 24.4. The quantitative estimate of drug-likeness (QED) is 0.210. The minimum absolute atomic E-state index is 0.00555. The maximum atomic E-state index is 14.3. The number of aliphatic hydroxyl groups is 3. The minimum atomic E-state index is -4.52. The van der Waals surface area contributed by atoms with E-state index in [1.54, 1.807) is 42.5 Å². The van der Waals surface area contributed by atoms with Crippen molar-refractivity contribution >= 4 is 30.3 Å². The third-order valence-electron chi connectivity index (χ3n) is 8.38. The molecule has 200 valence electrons. The fourth-order valence-corrected chi connectivity index (χ4v) is 8.93. The average Bonchev–Trinajstić information content (AvgIpc) is 2.97. The molecule has 10 atom stereocenters. The lowest BCUT2D eigenvalue weighted by Crippen LogP contribution is -2.53. The molecule has 0 bridgehead atoms. The molecule has 1 aliphatic rings. The van der Waals surface area contributed by atoms with Crippen LogP contribution in [0.2, 0.25) is 0 Å². The van der Waals surface area contributed by atoms with Gasteiger partial charge in [-0.1, -0.05) is 27.7 Å². The zero-order chi connectivity index (χ0) is 27.0. The van der Waals surface area contributed by atoms with Crippen LogP contribution in [-0.2, 0) is 22.9 Å². The standard InChI is InChI=1S/C21H46B2O9P2/c1-9-18(5,13-14-15(24)16(25)17(22)30-14)31-33(23,27)20(7,11-3)19(6,10-2)32-34(28,29)21(8,26)12-4/h14-17,24-26H,9-13,22-23H2,1-8H3,(H,28,29)/t14-,15-,16-,17-,18?,19?,20?,21-,33?/m1/s1. The van der Waals surface area contributed by atoms with Crippen LogP contribution in [0.15, 0.2) is 0 Å². The molecule has 0 saturated carbocycles. The lowest BCUT2D eigenvalue weighted by Gasteiger charge is -2.51. The Balaban J connectivity index is 3.35. The highest BCUT2D eigenvalue weighted by Gasteiger charge is 2.59. The van der Waals surface area contributed by atoms with Crippen molar-refractivity contribution in [1.29, 1.82) is 0 Å². The summed E-state index contributed by atoms with van der Waals surface area (Å²) in [5.41, 5.74) is -2.33. The van der Waals surface area contributed by atoms with Gasteiger partial charge >= 0.3 is 7.60 Å². The van der Waals surface area contributed by atoms with E-state index < -0.39 is 60.9 Å². The third-order valence-corrected chi connectivity index (χ3v) is 13.9. The Morgan fingerprint density at radius 2 is 1.44 bits per heavy atom. The molecule has 0 radical (unpaired) electrons. The molecule has 1 rings (SSSR count). The topological polar surface area (TPSA) is 143 Å². The monoisotopic (exact) mass is 526 g/mol. The minimum Gasteiger partial charge on any atom is -0.388 e. The van der Waals surface area contributed by atoms with Gasteiger partial charge in [-0.05, 0) is 53.4 Å². The van der Waals surface area contributed by atoms with Crippen LogP contribution in [0, 0.1) is 0 Å². The Morgan fingerprint density at radius 3 is 1.79 bits per heavy atom. The van der Waals surface area contributed by atoms with Crippen molar-refractivity contribution in [2.45, 2.75) is 134 Å². The van der Waals surface area contributed by atoms with Crippen molar-refractivity contribution in [2.75, 3.05) is 0 Å². The molecule has 0 spiro atoms. The molecule has 34 heavy (non-hydrogen) atoms. The molecular formula is C21H46B2O9P2. The Bertz CT molecular complexity index is 800. The molecule has 1 heterocycles. The highest BCUT2D eigenvalue weighted by molar-refractivity contribution is 7.84. The van der Waals surface area contributed by atoms with E-state index >= 15 is 0 Å². The Hall–Kier alpha value is 0.310. The summed E-state index contributed by atoms with van der Waals surface area (Å²) in [4.78, 5) is 10.7. The molecule has 0 aromatic carbocycles. The van der Waals surface area contributed by atoms with Crippen molar-refractivity contribution in [2.24, 2.45) is 0 Å². The van der Waals surface area contributed by atoms with Gasteiger partial charge in [-0.15, -0.1) is 0 Å². The van der Waals surface area contributed by atoms with E-state index in [-0.39, 0.29) is 19.3 Å². The van der Waals surface area contributed by atoms with E-state index in [9.17, 15) is 29.3 Å². The van der Waals surface area contributed by atoms with Gasteiger partial charge in [0, 0.05) is 6.42 Å². The van der Waals surface area contributed by atoms with Crippen molar-refractivity contribution in [3.8, 4) is 0 Å². The van der Waals surface area contributed by atoms with Crippen molar-refractivity contribution < 1.29 is 43.1 Å². The number of aliphatic hydroxyl groups excluding tert-OH is 2. The first-order valence-corrected chi connectivity index (χ1v) is 15.9. The second kappa shape index (κ2) is 11.0. The normalized spacial score (nSPS) is 34.1. The first-order valence-electron chi connectivity index (χ1n) is 12.3. The lowest BCUT2D eigenvalue weighted by molar-refractivity contribution is -0.0386. The summed E-state index contributed by atoms with van der Waals surface area (Å²) in [6.07, 6.45) is -1.55. The predicted octanol–water partition coefficient (Wildman–Crippen LogP) is 2.13. The van der Waals surface area contributed by atoms with Gasteiger partial charge in [0.1, 0.15) is 20.1 Å². The van der Waals surface area contributed by atoms with Gasteiger partial charge in [-0.3, -0.25) is 9.09 Å².